The summed E-state index contributed by atoms with van der Waals surface area (Å²) in [4.78, 5) is 11.6. The minimum atomic E-state index is -0.119. The van der Waals surface area contributed by atoms with E-state index in [1.807, 2.05) is 18.2 Å². The van der Waals surface area contributed by atoms with Crippen LogP contribution < -0.4 is 5.32 Å². The van der Waals surface area contributed by atoms with E-state index in [2.05, 4.69) is 10.5 Å². The molecule has 0 aliphatic rings. The first kappa shape index (κ1) is 9.45. The molecule has 0 aliphatic heterocycles. The van der Waals surface area contributed by atoms with Gasteiger partial charge in [0.05, 0.1) is 12.7 Å². The molecule has 2 rings (SSSR count). The lowest BCUT2D eigenvalue weighted by molar-refractivity contribution is 0.0947. The van der Waals surface area contributed by atoms with Crippen LogP contribution in [0, 0.1) is 0 Å². The Morgan fingerprint density at radius 1 is 1.27 bits per heavy atom. The summed E-state index contributed by atoms with van der Waals surface area (Å²) < 4.78 is 4.86. The molecule has 0 fully saturated rings. The van der Waals surface area contributed by atoms with Crippen molar-refractivity contribution in [1.29, 1.82) is 0 Å². The van der Waals surface area contributed by atoms with Crippen LogP contribution in [0.3, 0.4) is 0 Å². The third-order valence-corrected chi connectivity index (χ3v) is 1.95. The van der Waals surface area contributed by atoms with Crippen LogP contribution in [0.2, 0.25) is 0 Å². The maximum atomic E-state index is 11.6. The lowest BCUT2D eigenvalue weighted by Crippen LogP contribution is -2.22. The topological polar surface area (TPSA) is 55.1 Å². The second kappa shape index (κ2) is 4.41. The van der Waals surface area contributed by atoms with E-state index in [1.54, 1.807) is 24.4 Å². The number of nitrogens with one attached hydrogen (secondary N) is 1. The van der Waals surface area contributed by atoms with Crippen molar-refractivity contribution in [3.8, 4) is 0 Å². The normalized spacial score (nSPS) is 9.87. The SMILES string of the molecule is O=C(NCc1ccno1)c1ccccc1. The second-order valence-electron chi connectivity index (χ2n) is 3.03. The van der Waals surface area contributed by atoms with Gasteiger partial charge in [0.15, 0.2) is 5.76 Å². The number of hydrogen-bond acceptors (Lipinski definition) is 3. The average molecular weight is 202 g/mol. The van der Waals surface area contributed by atoms with Crippen molar-refractivity contribution in [1.82, 2.24) is 10.5 Å². The first-order valence-electron chi connectivity index (χ1n) is 4.59. The molecule has 0 bridgehead atoms. The quantitative estimate of drug-likeness (QED) is 0.822. The van der Waals surface area contributed by atoms with Crippen molar-refractivity contribution in [3.05, 3.63) is 53.9 Å². The Labute approximate surface area is 86.9 Å². The first-order chi connectivity index (χ1) is 7.36. The Kier molecular flexibility index (Phi) is 2.78. The number of carbonyl (C=O) groups is 1. The summed E-state index contributed by atoms with van der Waals surface area (Å²) in [5.74, 6) is 0.520. The molecule has 0 saturated carbocycles. The van der Waals surface area contributed by atoms with Crippen LogP contribution in [0.4, 0.5) is 0 Å². The minimum absolute atomic E-state index is 0.119. The summed E-state index contributed by atoms with van der Waals surface area (Å²) in [6, 6.07) is 10.7. The van der Waals surface area contributed by atoms with E-state index in [9.17, 15) is 4.79 Å². The Morgan fingerprint density at radius 2 is 2.07 bits per heavy atom. The van der Waals surface area contributed by atoms with Crippen molar-refractivity contribution in [2.75, 3.05) is 0 Å². The molecule has 1 aromatic carbocycles. The van der Waals surface area contributed by atoms with Crippen LogP contribution in [0.25, 0.3) is 0 Å². The number of nitrogens with zero attached hydrogens (tertiary/aromatic N) is 1. The van der Waals surface area contributed by atoms with Gasteiger partial charge < -0.3 is 9.84 Å². The molecule has 0 radical (unpaired) electrons. The predicted octanol–water partition coefficient (Wildman–Crippen LogP) is 1.60. The number of benzene rings is 1. The fraction of sp³-hybridized carbons (Fsp3) is 0.0909. The highest BCUT2D eigenvalue weighted by Crippen LogP contribution is 2.00. The summed E-state index contributed by atoms with van der Waals surface area (Å²) in [5.41, 5.74) is 0.636. The average Bonchev–Trinajstić information content (AvgIpc) is 2.80. The smallest absolute Gasteiger partial charge is 0.251 e. The molecule has 0 atom stereocenters. The highest BCUT2D eigenvalue weighted by atomic mass is 16.5. The van der Waals surface area contributed by atoms with Crippen LogP contribution in [-0.2, 0) is 6.54 Å². The van der Waals surface area contributed by atoms with Crippen LogP contribution in [0.15, 0.2) is 47.1 Å². The molecule has 0 saturated heterocycles. The van der Waals surface area contributed by atoms with Crippen molar-refractivity contribution < 1.29 is 9.32 Å². The molecule has 0 unspecified atom stereocenters. The summed E-state index contributed by atoms with van der Waals surface area (Å²) in [5, 5.41) is 6.28. The maximum Gasteiger partial charge on any atom is 0.251 e. The van der Waals surface area contributed by atoms with E-state index >= 15 is 0 Å². The van der Waals surface area contributed by atoms with E-state index in [4.69, 9.17) is 4.52 Å². The Hall–Kier alpha value is -2.10. The van der Waals surface area contributed by atoms with E-state index < -0.39 is 0 Å². The van der Waals surface area contributed by atoms with Gasteiger partial charge in [-0.25, -0.2) is 0 Å². The van der Waals surface area contributed by atoms with E-state index in [1.165, 1.54) is 0 Å². The molecule has 1 heterocycles. The van der Waals surface area contributed by atoms with Crippen molar-refractivity contribution in [2.24, 2.45) is 0 Å². The van der Waals surface area contributed by atoms with E-state index in [-0.39, 0.29) is 5.91 Å². The Morgan fingerprint density at radius 3 is 2.73 bits per heavy atom. The van der Waals surface area contributed by atoms with Gasteiger partial charge in [-0.05, 0) is 12.1 Å². The number of hydrogen-bond donors (Lipinski definition) is 1. The molecular weight excluding hydrogens is 192 g/mol. The fourth-order valence-corrected chi connectivity index (χ4v) is 1.19. The van der Waals surface area contributed by atoms with Gasteiger partial charge in [0.1, 0.15) is 0 Å². The van der Waals surface area contributed by atoms with Crippen molar-refractivity contribution >= 4 is 5.91 Å². The monoisotopic (exact) mass is 202 g/mol. The molecular formula is C11H10N2O2. The highest BCUT2D eigenvalue weighted by molar-refractivity contribution is 5.93. The van der Waals surface area contributed by atoms with Crippen LogP contribution >= 0.6 is 0 Å². The number of rotatable bonds is 3. The summed E-state index contributed by atoms with van der Waals surface area (Å²) in [6.45, 7) is 0.355. The predicted molar refractivity (Wildman–Crippen MR) is 54.1 cm³/mol. The zero-order chi connectivity index (χ0) is 10.5. The molecule has 1 aromatic heterocycles. The molecule has 1 N–H and O–H groups in total. The summed E-state index contributed by atoms with van der Waals surface area (Å²) >= 11 is 0. The van der Waals surface area contributed by atoms with Gasteiger partial charge in [-0.15, -0.1) is 0 Å². The third-order valence-electron chi connectivity index (χ3n) is 1.95. The molecule has 0 aliphatic carbocycles. The van der Waals surface area contributed by atoms with Crippen LogP contribution in [-0.4, -0.2) is 11.1 Å². The Bertz CT molecular complexity index is 423. The van der Waals surface area contributed by atoms with Gasteiger partial charge in [0, 0.05) is 11.6 Å². The molecule has 2 aromatic rings. The van der Waals surface area contributed by atoms with Gasteiger partial charge in [-0.3, -0.25) is 4.79 Å². The summed E-state index contributed by atoms with van der Waals surface area (Å²) in [6.07, 6.45) is 1.55. The largest absolute Gasteiger partial charge is 0.360 e. The molecule has 15 heavy (non-hydrogen) atoms. The van der Waals surface area contributed by atoms with Crippen LogP contribution in [0.5, 0.6) is 0 Å². The van der Waals surface area contributed by atoms with Gasteiger partial charge in [0.2, 0.25) is 0 Å². The van der Waals surface area contributed by atoms with Gasteiger partial charge >= 0.3 is 0 Å². The van der Waals surface area contributed by atoms with Gasteiger partial charge in [-0.1, -0.05) is 23.4 Å². The third kappa shape index (κ3) is 2.43. The first-order valence-corrected chi connectivity index (χ1v) is 4.59. The van der Waals surface area contributed by atoms with Crippen molar-refractivity contribution in [3.63, 3.8) is 0 Å². The van der Waals surface area contributed by atoms with Gasteiger partial charge in [0.25, 0.3) is 5.91 Å². The molecule has 1 amide bonds. The van der Waals surface area contributed by atoms with E-state index in [0.717, 1.165) is 0 Å². The minimum Gasteiger partial charge on any atom is -0.360 e. The lowest BCUT2D eigenvalue weighted by atomic mass is 10.2. The molecule has 76 valence electrons. The second-order valence-corrected chi connectivity index (χ2v) is 3.03. The molecule has 0 spiro atoms. The van der Waals surface area contributed by atoms with Crippen LogP contribution in [0.1, 0.15) is 16.1 Å². The van der Waals surface area contributed by atoms with Crippen molar-refractivity contribution in [2.45, 2.75) is 6.54 Å². The van der Waals surface area contributed by atoms with E-state index in [0.29, 0.717) is 17.9 Å². The number of aromatic nitrogens is 1. The molecule has 4 nitrogen and oxygen atoms in total. The lowest BCUT2D eigenvalue weighted by Gasteiger charge is -2.01. The summed E-state index contributed by atoms with van der Waals surface area (Å²) in [7, 11) is 0. The maximum absolute atomic E-state index is 11.6. The Balaban J connectivity index is 1.94. The number of carbonyl (C=O) groups excluding carboxylic acids is 1. The standard InChI is InChI=1S/C11H10N2O2/c14-11(9-4-2-1-3-5-9)12-8-10-6-7-13-15-10/h1-7H,8H2,(H,12,14). The number of amides is 1. The zero-order valence-electron chi connectivity index (χ0n) is 8.01. The zero-order valence-corrected chi connectivity index (χ0v) is 8.01. The molecule has 4 heteroatoms. The van der Waals surface area contributed by atoms with Gasteiger partial charge in [-0.2, -0.15) is 0 Å². The fourth-order valence-electron chi connectivity index (χ4n) is 1.19. The highest BCUT2D eigenvalue weighted by Gasteiger charge is 2.04.